The third-order valence-corrected chi connectivity index (χ3v) is 2.97. The summed E-state index contributed by atoms with van der Waals surface area (Å²) in [6, 6.07) is 15.4. The molecule has 0 aliphatic carbocycles. The summed E-state index contributed by atoms with van der Waals surface area (Å²) in [5, 5.41) is 8.28. The van der Waals surface area contributed by atoms with Crippen molar-refractivity contribution < 1.29 is 0 Å². The van der Waals surface area contributed by atoms with Gasteiger partial charge in [-0.05, 0) is 24.3 Å². The Labute approximate surface area is 109 Å². The number of nitrogens with two attached hydrogens (primary N) is 1. The van der Waals surface area contributed by atoms with Gasteiger partial charge in [-0.25, -0.2) is 4.68 Å². The van der Waals surface area contributed by atoms with Crippen LogP contribution in [-0.2, 0) is 0 Å². The molecule has 18 heavy (non-hydrogen) atoms. The summed E-state index contributed by atoms with van der Waals surface area (Å²) in [6.45, 7) is 0. The zero-order valence-corrected chi connectivity index (χ0v) is 10.3. The largest absolute Gasteiger partial charge is 0.389 e. The lowest BCUT2D eigenvalue weighted by Gasteiger charge is -2.07. The molecule has 0 aliphatic heterocycles. The highest BCUT2D eigenvalue weighted by molar-refractivity contribution is 7.80. The summed E-state index contributed by atoms with van der Waals surface area (Å²) in [7, 11) is 0. The number of thiocarbonyl (C=S) groups is 1. The van der Waals surface area contributed by atoms with Crippen molar-refractivity contribution in [1.82, 2.24) is 15.0 Å². The van der Waals surface area contributed by atoms with Gasteiger partial charge in [0.05, 0.1) is 11.2 Å². The maximum absolute atomic E-state index is 5.73. The van der Waals surface area contributed by atoms with E-state index in [1.807, 2.05) is 48.5 Å². The van der Waals surface area contributed by atoms with Gasteiger partial charge < -0.3 is 5.73 Å². The molecule has 2 aromatic carbocycles. The molecule has 0 saturated carbocycles. The van der Waals surface area contributed by atoms with Gasteiger partial charge >= 0.3 is 0 Å². The van der Waals surface area contributed by atoms with E-state index in [1.54, 1.807) is 4.68 Å². The lowest BCUT2D eigenvalue weighted by Crippen LogP contribution is -2.13. The van der Waals surface area contributed by atoms with Crippen molar-refractivity contribution in [3.8, 4) is 5.69 Å². The summed E-state index contributed by atoms with van der Waals surface area (Å²) in [5.41, 5.74) is 9.15. The molecule has 1 aromatic heterocycles. The van der Waals surface area contributed by atoms with Crippen LogP contribution in [0.4, 0.5) is 0 Å². The van der Waals surface area contributed by atoms with E-state index in [-0.39, 0.29) is 0 Å². The molecule has 1 heterocycles. The van der Waals surface area contributed by atoms with Crippen molar-refractivity contribution >= 4 is 28.2 Å². The highest BCUT2D eigenvalue weighted by Crippen LogP contribution is 2.19. The molecule has 0 bridgehead atoms. The number of hydrogen-bond donors (Lipinski definition) is 1. The Morgan fingerprint density at radius 3 is 2.61 bits per heavy atom. The molecule has 0 radical (unpaired) electrons. The highest BCUT2D eigenvalue weighted by atomic mass is 32.1. The van der Waals surface area contributed by atoms with Gasteiger partial charge in [-0.3, -0.25) is 0 Å². The van der Waals surface area contributed by atoms with Gasteiger partial charge in [0.25, 0.3) is 0 Å². The zero-order chi connectivity index (χ0) is 12.5. The van der Waals surface area contributed by atoms with E-state index in [4.69, 9.17) is 18.0 Å². The standard InChI is InChI=1S/C13H10N4S/c14-13(18)9-5-1-3-7-11(9)17-12-8-4-2-6-10(12)15-16-17/h1-8H,(H2,14,18). The molecule has 4 nitrogen and oxygen atoms in total. The lowest BCUT2D eigenvalue weighted by atomic mass is 10.1. The van der Waals surface area contributed by atoms with Gasteiger partial charge in [-0.15, -0.1) is 5.10 Å². The summed E-state index contributed by atoms with van der Waals surface area (Å²) >= 11 is 5.06. The Balaban J connectivity index is 2.30. The summed E-state index contributed by atoms with van der Waals surface area (Å²) in [5.74, 6) is 0. The van der Waals surface area contributed by atoms with E-state index in [0.29, 0.717) is 4.99 Å². The van der Waals surface area contributed by atoms with E-state index in [9.17, 15) is 0 Å². The average molecular weight is 254 g/mol. The van der Waals surface area contributed by atoms with Gasteiger partial charge in [-0.1, -0.05) is 41.7 Å². The van der Waals surface area contributed by atoms with Crippen LogP contribution < -0.4 is 5.73 Å². The molecular formula is C13H10N4S. The molecule has 0 unspecified atom stereocenters. The third kappa shape index (κ3) is 1.65. The maximum Gasteiger partial charge on any atom is 0.113 e. The first-order valence-electron chi connectivity index (χ1n) is 5.47. The fraction of sp³-hybridized carbons (Fsp3) is 0. The molecule has 0 spiro atoms. The highest BCUT2D eigenvalue weighted by Gasteiger charge is 2.10. The minimum absolute atomic E-state index is 0.352. The van der Waals surface area contributed by atoms with Crippen LogP contribution in [0.5, 0.6) is 0 Å². The predicted octanol–water partition coefficient (Wildman–Crippen LogP) is 2.05. The number of para-hydroxylation sites is 2. The van der Waals surface area contributed by atoms with Crippen LogP contribution in [0.3, 0.4) is 0 Å². The molecule has 0 fully saturated rings. The van der Waals surface area contributed by atoms with Crippen molar-refractivity contribution in [2.24, 2.45) is 5.73 Å². The number of hydrogen-bond acceptors (Lipinski definition) is 3. The molecule has 5 heteroatoms. The van der Waals surface area contributed by atoms with Crippen molar-refractivity contribution in [1.29, 1.82) is 0 Å². The summed E-state index contributed by atoms with van der Waals surface area (Å²) in [6.07, 6.45) is 0. The molecule has 3 aromatic rings. The van der Waals surface area contributed by atoms with Gasteiger partial charge in [0.1, 0.15) is 10.5 Å². The Morgan fingerprint density at radius 1 is 1.06 bits per heavy atom. The molecule has 88 valence electrons. The minimum Gasteiger partial charge on any atom is -0.389 e. The van der Waals surface area contributed by atoms with Crippen LogP contribution in [0, 0.1) is 0 Å². The molecule has 2 N–H and O–H groups in total. The second-order valence-electron chi connectivity index (χ2n) is 3.87. The fourth-order valence-electron chi connectivity index (χ4n) is 1.91. The number of nitrogens with zero attached hydrogens (tertiary/aromatic N) is 3. The van der Waals surface area contributed by atoms with E-state index in [2.05, 4.69) is 10.3 Å². The number of benzene rings is 2. The SMILES string of the molecule is NC(=S)c1ccccc1-n1nnc2ccccc21. The van der Waals surface area contributed by atoms with Gasteiger partial charge in [0, 0.05) is 5.56 Å². The average Bonchev–Trinajstić information content (AvgIpc) is 2.82. The maximum atomic E-state index is 5.73. The van der Waals surface area contributed by atoms with Gasteiger partial charge in [-0.2, -0.15) is 0 Å². The smallest absolute Gasteiger partial charge is 0.113 e. The summed E-state index contributed by atoms with van der Waals surface area (Å²) in [4.78, 5) is 0.352. The number of aromatic nitrogens is 3. The van der Waals surface area contributed by atoms with E-state index in [0.717, 1.165) is 22.3 Å². The van der Waals surface area contributed by atoms with Crippen LogP contribution in [0.2, 0.25) is 0 Å². The predicted molar refractivity (Wildman–Crippen MR) is 74.8 cm³/mol. The van der Waals surface area contributed by atoms with Crippen LogP contribution in [-0.4, -0.2) is 20.0 Å². The number of fused-ring (bicyclic) bond motifs is 1. The first-order valence-corrected chi connectivity index (χ1v) is 5.88. The van der Waals surface area contributed by atoms with Gasteiger partial charge in [0.2, 0.25) is 0 Å². The Hall–Kier alpha value is -2.27. The molecule has 0 amide bonds. The van der Waals surface area contributed by atoms with Crippen molar-refractivity contribution in [3.05, 3.63) is 54.1 Å². The van der Waals surface area contributed by atoms with Crippen molar-refractivity contribution in [2.45, 2.75) is 0 Å². The quantitative estimate of drug-likeness (QED) is 0.711. The normalized spacial score (nSPS) is 10.7. The van der Waals surface area contributed by atoms with Crippen LogP contribution in [0.25, 0.3) is 16.7 Å². The number of rotatable bonds is 2. The molecule has 0 atom stereocenters. The minimum atomic E-state index is 0.352. The molecule has 0 saturated heterocycles. The third-order valence-electron chi connectivity index (χ3n) is 2.75. The van der Waals surface area contributed by atoms with Crippen molar-refractivity contribution in [3.63, 3.8) is 0 Å². The van der Waals surface area contributed by atoms with Gasteiger partial charge in [0.15, 0.2) is 0 Å². The second-order valence-corrected chi connectivity index (χ2v) is 4.31. The van der Waals surface area contributed by atoms with E-state index >= 15 is 0 Å². The van der Waals surface area contributed by atoms with Crippen LogP contribution >= 0.6 is 12.2 Å². The second kappa shape index (κ2) is 4.19. The lowest BCUT2D eigenvalue weighted by molar-refractivity contribution is 0.823. The fourth-order valence-corrected chi connectivity index (χ4v) is 2.09. The Kier molecular flexibility index (Phi) is 2.53. The summed E-state index contributed by atoms with van der Waals surface area (Å²) < 4.78 is 1.75. The zero-order valence-electron chi connectivity index (χ0n) is 9.45. The van der Waals surface area contributed by atoms with E-state index < -0.39 is 0 Å². The first kappa shape index (κ1) is 10.9. The molecule has 3 rings (SSSR count). The molecule has 0 aliphatic rings. The topological polar surface area (TPSA) is 56.7 Å². The first-order chi connectivity index (χ1) is 8.77. The van der Waals surface area contributed by atoms with Crippen LogP contribution in [0.15, 0.2) is 48.5 Å². The Bertz CT molecular complexity index is 732. The molecular weight excluding hydrogens is 244 g/mol. The van der Waals surface area contributed by atoms with Crippen LogP contribution in [0.1, 0.15) is 5.56 Å². The van der Waals surface area contributed by atoms with E-state index in [1.165, 1.54) is 0 Å². The Morgan fingerprint density at radius 2 is 1.78 bits per heavy atom. The monoisotopic (exact) mass is 254 g/mol. The van der Waals surface area contributed by atoms with Crippen molar-refractivity contribution in [2.75, 3.05) is 0 Å².